The molecule has 0 radical (unpaired) electrons. The van der Waals surface area contributed by atoms with E-state index in [0.717, 1.165) is 0 Å². The number of benzene rings is 1. The fourth-order valence-corrected chi connectivity index (χ4v) is 4.51. The fraction of sp³-hybridized carbons (Fsp3) is 0.529. The summed E-state index contributed by atoms with van der Waals surface area (Å²) in [6.45, 7) is 4.29. The number of amides is 1. The molecular formula is C17H23ClN2O6S. The molecule has 1 fully saturated rings. The maximum absolute atomic E-state index is 12.9. The summed E-state index contributed by atoms with van der Waals surface area (Å²) in [7, 11) is -2.64. The summed E-state index contributed by atoms with van der Waals surface area (Å²) in [6.07, 6.45) is 0.304. The quantitative estimate of drug-likeness (QED) is 0.701. The van der Waals surface area contributed by atoms with Crippen LogP contribution in [0.1, 0.15) is 30.6 Å². The zero-order chi connectivity index (χ0) is 20.2. The van der Waals surface area contributed by atoms with Gasteiger partial charge in [0.15, 0.2) is 0 Å². The highest BCUT2D eigenvalue weighted by molar-refractivity contribution is 7.89. The molecule has 1 N–H and O–H groups in total. The summed E-state index contributed by atoms with van der Waals surface area (Å²) in [5.41, 5.74) is -1.15. The van der Waals surface area contributed by atoms with Gasteiger partial charge in [-0.25, -0.2) is 13.2 Å². The van der Waals surface area contributed by atoms with E-state index in [1.807, 2.05) is 0 Å². The number of sulfonamides is 1. The van der Waals surface area contributed by atoms with Crippen LogP contribution < -0.4 is 5.32 Å². The SMILES string of the molecule is CCC(C)(NC(=O)c1ccc(Cl)c(S(=O)(=O)N2CCOCC2)c1)C(=O)OC. The molecule has 0 bridgehead atoms. The van der Waals surface area contributed by atoms with Crippen molar-refractivity contribution in [1.29, 1.82) is 0 Å². The predicted molar refractivity (Wildman–Crippen MR) is 99.2 cm³/mol. The van der Waals surface area contributed by atoms with Crippen LogP contribution in [-0.2, 0) is 24.3 Å². The van der Waals surface area contributed by atoms with Crippen molar-refractivity contribution in [2.24, 2.45) is 0 Å². The van der Waals surface area contributed by atoms with Crippen LogP contribution in [0, 0.1) is 0 Å². The Morgan fingerprint density at radius 2 is 1.96 bits per heavy atom. The molecule has 1 unspecified atom stereocenters. The molecule has 1 aliphatic rings. The number of carbonyl (C=O) groups is 2. The van der Waals surface area contributed by atoms with Gasteiger partial charge in [0.25, 0.3) is 5.91 Å². The van der Waals surface area contributed by atoms with Gasteiger partial charge in [-0.1, -0.05) is 18.5 Å². The van der Waals surface area contributed by atoms with E-state index in [-0.39, 0.29) is 28.6 Å². The van der Waals surface area contributed by atoms with E-state index in [9.17, 15) is 18.0 Å². The maximum Gasteiger partial charge on any atom is 0.331 e. The highest BCUT2D eigenvalue weighted by Crippen LogP contribution is 2.27. The second kappa shape index (κ2) is 8.55. The van der Waals surface area contributed by atoms with Crippen LogP contribution in [0.25, 0.3) is 0 Å². The number of carbonyl (C=O) groups excluding carboxylic acids is 2. The minimum Gasteiger partial charge on any atom is -0.467 e. The normalized spacial score (nSPS) is 17.8. The highest BCUT2D eigenvalue weighted by atomic mass is 35.5. The zero-order valence-corrected chi connectivity index (χ0v) is 17.0. The third kappa shape index (κ3) is 4.60. The van der Waals surface area contributed by atoms with Crippen LogP contribution in [0.3, 0.4) is 0 Å². The monoisotopic (exact) mass is 418 g/mol. The smallest absolute Gasteiger partial charge is 0.331 e. The first-order valence-corrected chi connectivity index (χ1v) is 10.3. The number of ether oxygens (including phenoxy) is 2. The van der Waals surface area contributed by atoms with Crippen molar-refractivity contribution in [3.05, 3.63) is 28.8 Å². The molecule has 1 heterocycles. The van der Waals surface area contributed by atoms with Gasteiger partial charge in [-0.15, -0.1) is 0 Å². The van der Waals surface area contributed by atoms with E-state index in [4.69, 9.17) is 21.1 Å². The molecule has 10 heteroatoms. The lowest BCUT2D eigenvalue weighted by atomic mass is 9.98. The number of hydrogen-bond donors (Lipinski definition) is 1. The fourth-order valence-electron chi connectivity index (χ4n) is 2.60. The second-order valence-electron chi connectivity index (χ2n) is 6.29. The summed E-state index contributed by atoms with van der Waals surface area (Å²) in [5, 5.41) is 2.62. The van der Waals surface area contributed by atoms with E-state index in [1.165, 1.54) is 36.5 Å². The average molecular weight is 419 g/mol. The van der Waals surface area contributed by atoms with Gasteiger partial charge >= 0.3 is 5.97 Å². The van der Waals surface area contributed by atoms with Crippen molar-refractivity contribution < 1.29 is 27.5 Å². The van der Waals surface area contributed by atoms with Crippen LogP contribution in [0.5, 0.6) is 0 Å². The Labute approximate surface area is 163 Å². The molecule has 0 spiro atoms. The van der Waals surface area contributed by atoms with Gasteiger partial charge in [-0.05, 0) is 31.5 Å². The molecule has 1 aromatic carbocycles. The van der Waals surface area contributed by atoms with Crippen molar-refractivity contribution in [2.75, 3.05) is 33.4 Å². The van der Waals surface area contributed by atoms with Gasteiger partial charge in [0.1, 0.15) is 10.4 Å². The van der Waals surface area contributed by atoms with Gasteiger partial charge in [-0.2, -0.15) is 4.31 Å². The van der Waals surface area contributed by atoms with Crippen LogP contribution in [0.15, 0.2) is 23.1 Å². The molecule has 8 nitrogen and oxygen atoms in total. The molecule has 1 aromatic rings. The Morgan fingerprint density at radius 1 is 1.33 bits per heavy atom. The predicted octanol–water partition coefficient (Wildman–Crippen LogP) is 1.43. The lowest BCUT2D eigenvalue weighted by molar-refractivity contribution is -0.147. The van der Waals surface area contributed by atoms with Gasteiger partial charge in [0, 0.05) is 18.7 Å². The summed E-state index contributed by atoms with van der Waals surface area (Å²) in [4.78, 5) is 24.4. The van der Waals surface area contributed by atoms with E-state index >= 15 is 0 Å². The molecule has 150 valence electrons. The van der Waals surface area contributed by atoms with Gasteiger partial charge in [-0.3, -0.25) is 4.79 Å². The second-order valence-corrected chi connectivity index (χ2v) is 8.61. The molecule has 0 aliphatic carbocycles. The van der Waals surface area contributed by atoms with Crippen molar-refractivity contribution in [3.8, 4) is 0 Å². The lowest BCUT2D eigenvalue weighted by Gasteiger charge is -2.27. The first kappa shape index (κ1) is 21.6. The van der Waals surface area contributed by atoms with E-state index in [2.05, 4.69) is 5.32 Å². The Kier molecular flexibility index (Phi) is 6.85. The number of morpholine rings is 1. The van der Waals surface area contributed by atoms with Crippen molar-refractivity contribution >= 4 is 33.5 Å². The number of halogens is 1. The molecule has 2 rings (SSSR count). The minimum atomic E-state index is -3.87. The van der Waals surface area contributed by atoms with Gasteiger partial charge in [0.05, 0.1) is 25.3 Å². The standard InChI is InChI=1S/C17H23ClN2O6S/c1-4-17(2,16(22)25-3)19-15(21)12-5-6-13(18)14(11-12)27(23,24)20-7-9-26-10-8-20/h5-6,11H,4,7-10H2,1-3H3,(H,19,21). The van der Waals surface area contributed by atoms with Crippen LogP contribution in [-0.4, -0.2) is 63.6 Å². The molecule has 1 aliphatic heterocycles. The maximum atomic E-state index is 12.9. The van der Waals surface area contributed by atoms with E-state index in [0.29, 0.717) is 19.6 Å². The third-order valence-electron chi connectivity index (χ3n) is 4.51. The largest absolute Gasteiger partial charge is 0.467 e. The van der Waals surface area contributed by atoms with Crippen molar-refractivity contribution in [2.45, 2.75) is 30.7 Å². The number of methoxy groups -OCH3 is 1. The summed E-state index contributed by atoms with van der Waals surface area (Å²) >= 11 is 6.10. The molecule has 1 saturated heterocycles. The van der Waals surface area contributed by atoms with E-state index < -0.39 is 27.4 Å². The van der Waals surface area contributed by atoms with Gasteiger partial charge < -0.3 is 14.8 Å². The summed E-state index contributed by atoms with van der Waals surface area (Å²) in [6, 6.07) is 3.98. The molecular weight excluding hydrogens is 396 g/mol. The van der Waals surface area contributed by atoms with Crippen molar-refractivity contribution in [1.82, 2.24) is 9.62 Å². The Morgan fingerprint density at radius 3 is 2.52 bits per heavy atom. The molecule has 27 heavy (non-hydrogen) atoms. The third-order valence-corrected chi connectivity index (χ3v) is 6.89. The van der Waals surface area contributed by atoms with Gasteiger partial charge in [0.2, 0.25) is 10.0 Å². The zero-order valence-electron chi connectivity index (χ0n) is 15.5. The number of esters is 1. The summed E-state index contributed by atoms with van der Waals surface area (Å²) in [5.74, 6) is -1.19. The molecule has 0 saturated carbocycles. The first-order valence-electron chi connectivity index (χ1n) is 8.44. The highest BCUT2D eigenvalue weighted by Gasteiger charge is 2.35. The molecule has 1 amide bonds. The number of nitrogens with one attached hydrogen (secondary N) is 1. The summed E-state index contributed by atoms with van der Waals surface area (Å²) < 4.78 is 36.9. The molecule has 0 aromatic heterocycles. The van der Waals surface area contributed by atoms with Crippen molar-refractivity contribution in [3.63, 3.8) is 0 Å². The lowest BCUT2D eigenvalue weighted by Crippen LogP contribution is -2.52. The topological polar surface area (TPSA) is 102 Å². The average Bonchev–Trinajstić information content (AvgIpc) is 2.67. The minimum absolute atomic E-state index is 0.0178. The number of nitrogens with zero attached hydrogens (tertiary/aromatic N) is 1. The molecule has 1 atom stereocenters. The van der Waals surface area contributed by atoms with E-state index in [1.54, 1.807) is 6.92 Å². The Bertz CT molecular complexity index is 823. The Hall–Kier alpha value is -1.68. The first-order chi connectivity index (χ1) is 12.7. The van der Waals surface area contributed by atoms with Crippen LogP contribution in [0.4, 0.5) is 0 Å². The Balaban J connectivity index is 2.33. The van der Waals surface area contributed by atoms with Crippen LogP contribution >= 0.6 is 11.6 Å². The van der Waals surface area contributed by atoms with Crippen LogP contribution in [0.2, 0.25) is 5.02 Å². The number of hydrogen-bond acceptors (Lipinski definition) is 6. The number of rotatable bonds is 6.